The van der Waals surface area contributed by atoms with Gasteiger partial charge < -0.3 is 14.4 Å². The van der Waals surface area contributed by atoms with E-state index in [9.17, 15) is 19.6 Å². The van der Waals surface area contributed by atoms with Crippen LogP contribution in [0.2, 0.25) is 0 Å². The summed E-state index contributed by atoms with van der Waals surface area (Å²) in [6.45, 7) is 3.95. The molecule has 7 nitrogen and oxygen atoms in total. The number of aliphatic carboxylic acids is 1. The van der Waals surface area contributed by atoms with Crippen LogP contribution in [0.3, 0.4) is 0 Å². The molecule has 0 aliphatic carbocycles. The van der Waals surface area contributed by atoms with Crippen LogP contribution in [0.4, 0.5) is 8.78 Å². The van der Waals surface area contributed by atoms with E-state index in [0.717, 1.165) is 5.69 Å². The standard InChI is InChI=1S/C26H24F2N4O3/c1-26(2,9-10-29)24-20(14-3-8-19(25(33)34)35-13-14)21-18(11-15-12-30-31-23(15)22(21)28)32(24)17-6-4-16(27)5-7-17/h4-7,11-12,14,19H,3,8-9,13H2,1-2H3,(H,30,31)(H,33,34)/t14-,19?/m0/s1. The molecule has 9 heteroatoms. The quantitative estimate of drug-likeness (QED) is 0.404. The Hall–Kier alpha value is -3.77. The average molecular weight is 478 g/mol. The molecule has 2 N–H and O–H groups in total. The van der Waals surface area contributed by atoms with Gasteiger partial charge in [-0.2, -0.15) is 10.4 Å². The van der Waals surface area contributed by atoms with Crippen molar-refractivity contribution >= 4 is 27.8 Å². The van der Waals surface area contributed by atoms with Crippen LogP contribution in [0.25, 0.3) is 27.5 Å². The number of H-pyrrole nitrogens is 1. The van der Waals surface area contributed by atoms with E-state index in [2.05, 4.69) is 16.3 Å². The van der Waals surface area contributed by atoms with Crippen molar-refractivity contribution in [3.05, 3.63) is 59.4 Å². The van der Waals surface area contributed by atoms with Gasteiger partial charge in [-0.05, 0) is 48.7 Å². The molecule has 3 heterocycles. The molecule has 0 saturated carbocycles. The molecular formula is C26H24F2N4O3. The van der Waals surface area contributed by atoms with Crippen molar-refractivity contribution in [1.82, 2.24) is 14.8 Å². The van der Waals surface area contributed by atoms with Crippen molar-refractivity contribution in [1.29, 1.82) is 5.26 Å². The van der Waals surface area contributed by atoms with Gasteiger partial charge in [0.15, 0.2) is 11.9 Å². The first-order chi connectivity index (χ1) is 16.7. The molecule has 0 radical (unpaired) electrons. The van der Waals surface area contributed by atoms with E-state index in [4.69, 9.17) is 4.74 Å². The summed E-state index contributed by atoms with van der Waals surface area (Å²) < 4.78 is 37.5. The highest BCUT2D eigenvalue weighted by atomic mass is 19.1. The zero-order valence-corrected chi connectivity index (χ0v) is 19.3. The monoisotopic (exact) mass is 478 g/mol. The first-order valence-electron chi connectivity index (χ1n) is 11.4. The van der Waals surface area contributed by atoms with Crippen LogP contribution in [0.15, 0.2) is 36.5 Å². The zero-order valence-electron chi connectivity index (χ0n) is 19.3. The third-order valence-corrected chi connectivity index (χ3v) is 6.85. The lowest BCUT2D eigenvalue weighted by Crippen LogP contribution is -2.32. The van der Waals surface area contributed by atoms with Gasteiger partial charge in [0.05, 0.1) is 24.4 Å². The number of nitriles is 1. The van der Waals surface area contributed by atoms with Crippen LogP contribution in [0.1, 0.15) is 50.3 Å². The van der Waals surface area contributed by atoms with Crippen molar-refractivity contribution < 1.29 is 23.4 Å². The number of carboxylic acid groups (broad SMARTS) is 1. The molecule has 2 aromatic heterocycles. The number of rotatable bonds is 5. The number of aromatic amines is 1. The summed E-state index contributed by atoms with van der Waals surface area (Å²) >= 11 is 0. The molecular weight excluding hydrogens is 454 g/mol. The SMILES string of the molecule is CC(C)(CC#N)c1c([C@H]2CCC(C(=O)O)OC2)c2c(F)c3[nH]ncc3cc2n1-c1ccc(F)cc1. The first-order valence-corrected chi connectivity index (χ1v) is 11.4. The van der Waals surface area contributed by atoms with Crippen LogP contribution in [0.5, 0.6) is 0 Å². The fourth-order valence-corrected chi connectivity index (χ4v) is 5.21. The number of fused-ring (bicyclic) bond motifs is 2. The van der Waals surface area contributed by atoms with Crippen molar-refractivity contribution in [3.8, 4) is 11.8 Å². The molecule has 5 rings (SSSR count). The summed E-state index contributed by atoms with van der Waals surface area (Å²) in [7, 11) is 0. The normalized spacial score (nSPS) is 18.7. The van der Waals surface area contributed by atoms with Gasteiger partial charge in [0.1, 0.15) is 11.3 Å². The minimum atomic E-state index is -1.02. The Labute approximate surface area is 199 Å². The van der Waals surface area contributed by atoms with Gasteiger partial charge in [-0.1, -0.05) is 13.8 Å². The lowest BCUT2D eigenvalue weighted by Gasteiger charge is -2.32. The summed E-state index contributed by atoms with van der Waals surface area (Å²) in [4.78, 5) is 11.4. The smallest absolute Gasteiger partial charge is 0.332 e. The van der Waals surface area contributed by atoms with Gasteiger partial charge in [0, 0.05) is 39.9 Å². The predicted octanol–water partition coefficient (Wildman–Crippen LogP) is 5.32. The molecule has 1 saturated heterocycles. The van der Waals surface area contributed by atoms with Crippen LogP contribution >= 0.6 is 0 Å². The Kier molecular flexibility index (Phi) is 5.56. The second kappa shape index (κ2) is 8.47. The largest absolute Gasteiger partial charge is 0.479 e. The Morgan fingerprint density at radius 2 is 2.06 bits per heavy atom. The van der Waals surface area contributed by atoms with Crippen molar-refractivity contribution in [2.24, 2.45) is 0 Å². The Morgan fingerprint density at radius 3 is 2.69 bits per heavy atom. The van der Waals surface area contributed by atoms with Crippen LogP contribution < -0.4 is 0 Å². The average Bonchev–Trinajstić information content (AvgIpc) is 3.43. The lowest BCUT2D eigenvalue weighted by molar-refractivity contribution is -0.153. The Balaban J connectivity index is 1.87. The Bertz CT molecular complexity index is 1470. The topological polar surface area (TPSA) is 104 Å². The molecule has 1 aliphatic rings. The van der Waals surface area contributed by atoms with Crippen molar-refractivity contribution in [2.75, 3.05) is 6.61 Å². The highest BCUT2D eigenvalue weighted by molar-refractivity contribution is 6.00. The molecule has 0 bridgehead atoms. The van der Waals surface area contributed by atoms with Crippen LogP contribution in [-0.4, -0.2) is 38.6 Å². The number of carboxylic acids is 1. The van der Waals surface area contributed by atoms with Gasteiger partial charge in [-0.15, -0.1) is 0 Å². The summed E-state index contributed by atoms with van der Waals surface area (Å²) in [6, 6.07) is 10.0. The molecule has 2 atom stereocenters. The van der Waals surface area contributed by atoms with Crippen LogP contribution in [-0.2, 0) is 14.9 Å². The van der Waals surface area contributed by atoms with E-state index < -0.39 is 29.1 Å². The molecule has 35 heavy (non-hydrogen) atoms. The summed E-state index contributed by atoms with van der Waals surface area (Å²) in [5.41, 5.74) is 2.16. The molecule has 1 unspecified atom stereocenters. The number of hydrogen-bond donors (Lipinski definition) is 2. The summed E-state index contributed by atoms with van der Waals surface area (Å²) in [5.74, 6) is -2.18. The van der Waals surface area contributed by atoms with E-state index in [-0.39, 0.29) is 30.9 Å². The maximum atomic E-state index is 16.1. The highest BCUT2D eigenvalue weighted by Crippen LogP contribution is 2.46. The van der Waals surface area contributed by atoms with Gasteiger partial charge in [0.25, 0.3) is 0 Å². The van der Waals surface area contributed by atoms with Crippen molar-refractivity contribution in [2.45, 2.75) is 50.5 Å². The number of carbonyl (C=O) groups is 1. The summed E-state index contributed by atoms with van der Waals surface area (Å²) in [6.07, 6.45) is 1.56. The number of benzene rings is 2. The number of nitrogens with zero attached hydrogens (tertiary/aromatic N) is 3. The van der Waals surface area contributed by atoms with E-state index in [1.165, 1.54) is 12.1 Å². The minimum Gasteiger partial charge on any atom is -0.479 e. The van der Waals surface area contributed by atoms with Crippen molar-refractivity contribution in [3.63, 3.8) is 0 Å². The number of nitrogens with one attached hydrogen (secondary N) is 1. The van der Waals surface area contributed by atoms with E-state index in [0.29, 0.717) is 34.0 Å². The minimum absolute atomic E-state index is 0.107. The molecule has 180 valence electrons. The van der Waals surface area contributed by atoms with E-state index in [1.807, 2.05) is 24.5 Å². The maximum Gasteiger partial charge on any atom is 0.332 e. The third kappa shape index (κ3) is 3.74. The number of aromatic nitrogens is 3. The first kappa shape index (κ1) is 23.0. The highest BCUT2D eigenvalue weighted by Gasteiger charge is 2.38. The fraction of sp³-hybridized carbons (Fsp3) is 0.346. The molecule has 4 aromatic rings. The molecule has 2 aromatic carbocycles. The number of halogens is 2. The van der Waals surface area contributed by atoms with E-state index >= 15 is 4.39 Å². The fourth-order valence-electron chi connectivity index (χ4n) is 5.21. The number of ether oxygens (including phenoxy) is 1. The van der Waals surface area contributed by atoms with Gasteiger partial charge in [-0.25, -0.2) is 13.6 Å². The van der Waals surface area contributed by atoms with E-state index in [1.54, 1.807) is 18.3 Å². The number of hydrogen-bond acceptors (Lipinski definition) is 4. The molecule has 0 spiro atoms. The zero-order chi connectivity index (χ0) is 24.9. The molecule has 0 amide bonds. The second-order valence-corrected chi connectivity index (χ2v) is 9.65. The van der Waals surface area contributed by atoms with Gasteiger partial charge >= 0.3 is 5.97 Å². The summed E-state index contributed by atoms with van der Waals surface area (Å²) in [5, 5.41) is 26.7. The molecule has 1 aliphatic heterocycles. The Morgan fingerprint density at radius 1 is 1.31 bits per heavy atom. The second-order valence-electron chi connectivity index (χ2n) is 9.65. The predicted molar refractivity (Wildman–Crippen MR) is 125 cm³/mol. The lowest BCUT2D eigenvalue weighted by atomic mass is 9.78. The third-order valence-electron chi connectivity index (χ3n) is 6.85. The molecule has 1 fully saturated rings. The van der Waals surface area contributed by atoms with Gasteiger partial charge in [-0.3, -0.25) is 5.10 Å². The van der Waals surface area contributed by atoms with Crippen LogP contribution in [0, 0.1) is 23.0 Å². The van der Waals surface area contributed by atoms with Gasteiger partial charge in [0.2, 0.25) is 0 Å². The maximum absolute atomic E-state index is 16.1.